The Hall–Kier alpha value is -2.79. The number of halogens is 4. The zero-order valence-corrected chi connectivity index (χ0v) is 23.3. The van der Waals surface area contributed by atoms with Crippen molar-refractivity contribution in [3.8, 4) is 0 Å². The van der Waals surface area contributed by atoms with Crippen molar-refractivity contribution in [3.63, 3.8) is 0 Å². The lowest BCUT2D eigenvalue weighted by Gasteiger charge is -2.30. The van der Waals surface area contributed by atoms with Gasteiger partial charge in [-0.1, -0.05) is 36.7 Å². The van der Waals surface area contributed by atoms with Gasteiger partial charge in [0.2, 0.25) is 21.8 Å². The Kier molecular flexibility index (Phi) is 11.0. The first-order valence-corrected chi connectivity index (χ1v) is 14.3. The van der Waals surface area contributed by atoms with E-state index < -0.39 is 33.7 Å². The van der Waals surface area contributed by atoms with E-state index in [0.717, 1.165) is 28.8 Å². The molecule has 210 valence electrons. The van der Waals surface area contributed by atoms with Crippen molar-refractivity contribution in [2.75, 3.05) is 17.1 Å². The summed E-state index contributed by atoms with van der Waals surface area (Å²) >= 11 is 6.08. The molecular formula is C26H33ClF3N3O4S. The molecule has 0 spiro atoms. The predicted octanol–water partition coefficient (Wildman–Crippen LogP) is 5.24. The number of nitrogens with one attached hydrogen (secondary N) is 1. The number of alkyl halides is 3. The van der Waals surface area contributed by atoms with Crippen LogP contribution in [0.25, 0.3) is 0 Å². The lowest BCUT2D eigenvalue weighted by molar-refractivity contribution is -0.140. The summed E-state index contributed by atoms with van der Waals surface area (Å²) in [7, 11) is -3.94. The van der Waals surface area contributed by atoms with Gasteiger partial charge in [-0.15, -0.1) is 0 Å². The molecule has 0 aromatic heterocycles. The Balaban J connectivity index is 2.22. The van der Waals surface area contributed by atoms with Gasteiger partial charge in [0, 0.05) is 30.6 Å². The molecule has 0 aliphatic heterocycles. The average molecular weight is 576 g/mol. The summed E-state index contributed by atoms with van der Waals surface area (Å²) in [4.78, 5) is 27.5. The minimum absolute atomic E-state index is 0.0217. The molecule has 0 saturated heterocycles. The molecule has 0 radical (unpaired) electrons. The standard InChI is InChI=1S/C26H33ClF3N3O4S/c1-5-18(2)31-25(35)19(3)32(17-20-9-6-11-22(27)15-20)24(34)13-8-14-33(38(4,36)37)23-12-7-10-21(16-23)26(28,29)30/h6-7,9-12,15-16,18-19H,5,8,13-14,17H2,1-4H3,(H,31,35). The summed E-state index contributed by atoms with van der Waals surface area (Å²) in [5.74, 6) is -0.745. The van der Waals surface area contributed by atoms with Crippen LogP contribution in [0.5, 0.6) is 0 Å². The summed E-state index contributed by atoms with van der Waals surface area (Å²) in [5, 5.41) is 3.33. The first kappa shape index (κ1) is 31.4. The van der Waals surface area contributed by atoms with Crippen LogP contribution in [0.4, 0.5) is 18.9 Å². The number of carbonyl (C=O) groups is 2. The molecular weight excluding hydrogens is 543 g/mol. The van der Waals surface area contributed by atoms with E-state index in [9.17, 15) is 31.2 Å². The van der Waals surface area contributed by atoms with Gasteiger partial charge in [-0.05, 0) is 62.6 Å². The summed E-state index contributed by atoms with van der Waals surface area (Å²) in [5.41, 5.74) is -0.420. The molecule has 0 fully saturated rings. The molecule has 2 atom stereocenters. The number of hydrogen-bond acceptors (Lipinski definition) is 4. The Morgan fingerprint density at radius 1 is 1.08 bits per heavy atom. The van der Waals surface area contributed by atoms with Crippen molar-refractivity contribution in [3.05, 3.63) is 64.7 Å². The topological polar surface area (TPSA) is 86.8 Å². The van der Waals surface area contributed by atoms with Crippen LogP contribution in [-0.2, 0) is 32.3 Å². The van der Waals surface area contributed by atoms with Gasteiger partial charge in [0.1, 0.15) is 6.04 Å². The van der Waals surface area contributed by atoms with Crippen LogP contribution in [0.2, 0.25) is 5.02 Å². The van der Waals surface area contributed by atoms with Gasteiger partial charge in [-0.3, -0.25) is 13.9 Å². The largest absolute Gasteiger partial charge is 0.416 e. The van der Waals surface area contributed by atoms with Crippen molar-refractivity contribution in [2.24, 2.45) is 0 Å². The highest BCUT2D eigenvalue weighted by molar-refractivity contribution is 7.92. The molecule has 2 amide bonds. The first-order valence-electron chi connectivity index (χ1n) is 12.1. The van der Waals surface area contributed by atoms with Crippen molar-refractivity contribution >= 4 is 39.1 Å². The number of sulfonamides is 1. The number of benzene rings is 2. The van der Waals surface area contributed by atoms with Crippen LogP contribution < -0.4 is 9.62 Å². The van der Waals surface area contributed by atoms with E-state index in [0.29, 0.717) is 17.0 Å². The van der Waals surface area contributed by atoms with Crippen molar-refractivity contribution in [1.29, 1.82) is 0 Å². The van der Waals surface area contributed by atoms with Crippen molar-refractivity contribution < 1.29 is 31.2 Å². The SMILES string of the molecule is CCC(C)NC(=O)C(C)N(Cc1cccc(Cl)c1)C(=O)CCCN(c1cccc(C(F)(F)F)c1)S(C)(=O)=O. The molecule has 7 nitrogen and oxygen atoms in total. The molecule has 0 bridgehead atoms. The Labute approximate surface area is 227 Å². The zero-order chi connectivity index (χ0) is 28.7. The molecule has 2 rings (SSSR count). The van der Waals surface area contributed by atoms with Crippen LogP contribution in [0.1, 0.15) is 51.2 Å². The maximum absolute atomic E-state index is 13.3. The molecule has 0 aliphatic carbocycles. The molecule has 1 N–H and O–H groups in total. The average Bonchev–Trinajstić information content (AvgIpc) is 2.83. The highest BCUT2D eigenvalue weighted by Crippen LogP contribution is 2.32. The fraction of sp³-hybridized carbons (Fsp3) is 0.462. The van der Waals surface area contributed by atoms with E-state index in [1.54, 1.807) is 31.2 Å². The van der Waals surface area contributed by atoms with E-state index in [2.05, 4.69) is 5.32 Å². The number of anilines is 1. The van der Waals surface area contributed by atoms with Crippen molar-refractivity contribution in [1.82, 2.24) is 10.2 Å². The van der Waals surface area contributed by atoms with Crippen LogP contribution in [-0.4, -0.2) is 50.0 Å². The fourth-order valence-electron chi connectivity index (χ4n) is 3.72. The maximum Gasteiger partial charge on any atom is 0.416 e. The minimum Gasteiger partial charge on any atom is -0.352 e. The van der Waals surface area contributed by atoms with Crippen LogP contribution in [0, 0.1) is 0 Å². The molecule has 38 heavy (non-hydrogen) atoms. The summed E-state index contributed by atoms with van der Waals surface area (Å²) in [6, 6.07) is 9.95. The predicted molar refractivity (Wildman–Crippen MR) is 142 cm³/mol. The van der Waals surface area contributed by atoms with Gasteiger partial charge >= 0.3 is 6.18 Å². The minimum atomic E-state index is -4.64. The van der Waals surface area contributed by atoms with Crippen LogP contribution >= 0.6 is 11.6 Å². The Morgan fingerprint density at radius 3 is 2.32 bits per heavy atom. The first-order chi connectivity index (χ1) is 17.6. The number of hydrogen-bond donors (Lipinski definition) is 1. The van der Waals surface area contributed by atoms with Crippen LogP contribution in [0.15, 0.2) is 48.5 Å². The van der Waals surface area contributed by atoms with Gasteiger partial charge in [0.15, 0.2) is 0 Å². The number of nitrogens with zero attached hydrogens (tertiary/aromatic N) is 2. The normalized spacial score (nSPS) is 13.5. The van der Waals surface area contributed by atoms with Gasteiger partial charge < -0.3 is 10.2 Å². The molecule has 0 saturated carbocycles. The van der Waals surface area contributed by atoms with Crippen molar-refractivity contribution in [2.45, 2.75) is 64.8 Å². The van der Waals surface area contributed by atoms with E-state index in [4.69, 9.17) is 11.6 Å². The monoisotopic (exact) mass is 575 g/mol. The van der Waals surface area contributed by atoms with E-state index in [-0.39, 0.29) is 43.6 Å². The second-order valence-electron chi connectivity index (χ2n) is 9.13. The van der Waals surface area contributed by atoms with Crippen LogP contribution in [0.3, 0.4) is 0 Å². The second kappa shape index (κ2) is 13.3. The Bertz CT molecular complexity index is 1220. The smallest absolute Gasteiger partial charge is 0.352 e. The number of carbonyl (C=O) groups excluding carboxylic acids is 2. The highest BCUT2D eigenvalue weighted by atomic mass is 35.5. The maximum atomic E-state index is 13.3. The quantitative estimate of drug-likeness (QED) is 0.375. The highest BCUT2D eigenvalue weighted by Gasteiger charge is 2.32. The second-order valence-corrected chi connectivity index (χ2v) is 11.5. The van der Waals surface area contributed by atoms with E-state index in [1.807, 2.05) is 13.8 Å². The third kappa shape index (κ3) is 9.20. The summed E-state index contributed by atoms with van der Waals surface area (Å²) in [6.45, 7) is 5.25. The summed E-state index contributed by atoms with van der Waals surface area (Å²) < 4.78 is 65.1. The molecule has 0 heterocycles. The van der Waals surface area contributed by atoms with E-state index >= 15 is 0 Å². The van der Waals surface area contributed by atoms with Gasteiger partial charge in [-0.2, -0.15) is 13.2 Å². The van der Waals surface area contributed by atoms with Gasteiger partial charge in [0.25, 0.3) is 0 Å². The molecule has 2 aromatic rings. The number of amides is 2. The Morgan fingerprint density at radius 2 is 1.74 bits per heavy atom. The third-order valence-corrected chi connectivity index (χ3v) is 7.45. The molecule has 12 heteroatoms. The lowest BCUT2D eigenvalue weighted by Crippen LogP contribution is -2.49. The fourth-order valence-corrected chi connectivity index (χ4v) is 4.89. The van der Waals surface area contributed by atoms with Gasteiger partial charge in [-0.25, -0.2) is 8.42 Å². The molecule has 2 aromatic carbocycles. The number of rotatable bonds is 12. The molecule has 0 aliphatic rings. The van der Waals surface area contributed by atoms with E-state index in [1.165, 1.54) is 11.0 Å². The summed E-state index contributed by atoms with van der Waals surface area (Å²) in [6.07, 6.45) is -3.15. The lowest BCUT2D eigenvalue weighted by atomic mass is 10.1. The zero-order valence-electron chi connectivity index (χ0n) is 21.8. The molecule has 2 unspecified atom stereocenters. The van der Waals surface area contributed by atoms with Gasteiger partial charge in [0.05, 0.1) is 17.5 Å². The third-order valence-electron chi connectivity index (χ3n) is 6.02.